The standard InChI is InChI=1S/C33H29N5O3S/c1-3-4-19-41-27-17-15-23(20-28(27)40-2)16-18-30-34-33-38(35-30)32(39)29(42-33)21-25-22-37(26-13-9-6-10-14-26)36-31(25)24-11-7-5-8-12-24/h5-18,20-22H,3-4,19H2,1-2H3/b18-16+,29-21-. The van der Waals surface area contributed by atoms with Crippen LogP contribution in [0.2, 0.25) is 0 Å². The summed E-state index contributed by atoms with van der Waals surface area (Å²) in [5.74, 6) is 1.83. The van der Waals surface area contributed by atoms with Gasteiger partial charge >= 0.3 is 0 Å². The molecule has 0 amide bonds. The molecule has 6 aromatic rings. The average molecular weight is 576 g/mol. The third-order valence-electron chi connectivity index (χ3n) is 6.66. The molecule has 210 valence electrons. The fourth-order valence-corrected chi connectivity index (χ4v) is 5.40. The summed E-state index contributed by atoms with van der Waals surface area (Å²) in [6.45, 7) is 2.78. The molecule has 0 N–H and O–H groups in total. The minimum Gasteiger partial charge on any atom is -0.493 e. The van der Waals surface area contributed by atoms with Crippen LogP contribution in [0.25, 0.3) is 40.1 Å². The highest BCUT2D eigenvalue weighted by molar-refractivity contribution is 7.15. The zero-order chi connectivity index (χ0) is 28.9. The number of nitrogens with zero attached hydrogens (tertiary/aromatic N) is 5. The Kier molecular flexibility index (Phi) is 7.91. The van der Waals surface area contributed by atoms with Gasteiger partial charge in [0, 0.05) is 17.3 Å². The topological polar surface area (TPSA) is 83.5 Å². The van der Waals surface area contributed by atoms with Gasteiger partial charge < -0.3 is 9.47 Å². The van der Waals surface area contributed by atoms with E-state index in [0.717, 1.165) is 40.9 Å². The number of aromatic nitrogens is 5. The Bertz CT molecular complexity index is 1960. The lowest BCUT2D eigenvalue weighted by Gasteiger charge is -2.10. The van der Waals surface area contributed by atoms with Crippen molar-refractivity contribution in [3.63, 3.8) is 0 Å². The fourth-order valence-electron chi connectivity index (χ4n) is 4.49. The molecule has 0 fully saturated rings. The Morgan fingerprint density at radius 1 is 0.929 bits per heavy atom. The van der Waals surface area contributed by atoms with E-state index >= 15 is 0 Å². The van der Waals surface area contributed by atoms with Gasteiger partial charge in [-0.2, -0.15) is 14.6 Å². The first-order valence-electron chi connectivity index (χ1n) is 13.7. The summed E-state index contributed by atoms with van der Waals surface area (Å²) in [4.78, 5) is 18.4. The predicted molar refractivity (Wildman–Crippen MR) is 167 cm³/mol. The van der Waals surface area contributed by atoms with Crippen molar-refractivity contribution >= 4 is 34.5 Å². The summed E-state index contributed by atoms with van der Waals surface area (Å²) in [5, 5.41) is 9.30. The zero-order valence-corrected chi connectivity index (χ0v) is 24.1. The van der Waals surface area contributed by atoms with E-state index in [4.69, 9.17) is 14.6 Å². The van der Waals surface area contributed by atoms with Crippen LogP contribution in [0.3, 0.4) is 0 Å². The molecule has 3 heterocycles. The second-order valence-electron chi connectivity index (χ2n) is 9.61. The molecule has 0 aliphatic heterocycles. The van der Waals surface area contributed by atoms with E-state index in [1.807, 2.05) is 102 Å². The van der Waals surface area contributed by atoms with Crippen LogP contribution in [0.1, 0.15) is 36.7 Å². The summed E-state index contributed by atoms with van der Waals surface area (Å²) in [5.41, 5.74) is 4.22. The van der Waals surface area contributed by atoms with Crippen molar-refractivity contribution in [1.29, 1.82) is 0 Å². The van der Waals surface area contributed by atoms with Crippen LogP contribution in [0.15, 0.2) is 89.9 Å². The molecule has 0 aliphatic rings. The molecule has 42 heavy (non-hydrogen) atoms. The van der Waals surface area contributed by atoms with Gasteiger partial charge in [-0.15, -0.1) is 5.10 Å². The van der Waals surface area contributed by atoms with Crippen LogP contribution in [0, 0.1) is 0 Å². The molecule has 0 atom stereocenters. The molecular formula is C33H29N5O3S. The smallest absolute Gasteiger partial charge is 0.291 e. The van der Waals surface area contributed by atoms with E-state index in [9.17, 15) is 4.79 Å². The molecule has 0 aliphatic carbocycles. The summed E-state index contributed by atoms with van der Waals surface area (Å²) < 4.78 is 15.0. The van der Waals surface area contributed by atoms with Crippen LogP contribution in [-0.2, 0) is 0 Å². The van der Waals surface area contributed by atoms with Crippen LogP contribution >= 0.6 is 11.3 Å². The van der Waals surface area contributed by atoms with Crippen LogP contribution < -0.4 is 19.6 Å². The van der Waals surface area contributed by atoms with Gasteiger partial charge in [0.05, 0.1) is 29.6 Å². The maximum atomic E-state index is 13.3. The number of ether oxygens (including phenoxy) is 2. The summed E-state index contributed by atoms with van der Waals surface area (Å²) >= 11 is 1.30. The van der Waals surface area contributed by atoms with E-state index in [1.54, 1.807) is 13.2 Å². The SMILES string of the molecule is CCCCOc1ccc(/C=C/c2nc3s/c(=C\c4cn(-c5ccccc5)nc4-c4ccccc4)c(=O)n3n2)cc1OC. The second kappa shape index (κ2) is 12.2. The number of para-hydroxylation sites is 1. The highest BCUT2D eigenvalue weighted by Gasteiger charge is 2.14. The van der Waals surface area contributed by atoms with Crippen molar-refractivity contribution in [2.75, 3.05) is 13.7 Å². The van der Waals surface area contributed by atoms with E-state index in [-0.39, 0.29) is 5.56 Å². The van der Waals surface area contributed by atoms with Gasteiger partial charge in [-0.25, -0.2) is 4.68 Å². The Balaban J connectivity index is 1.30. The fraction of sp³-hybridized carbons (Fsp3) is 0.152. The molecule has 0 saturated carbocycles. The molecule has 0 saturated heterocycles. The largest absolute Gasteiger partial charge is 0.493 e. The molecule has 8 nitrogen and oxygen atoms in total. The molecule has 0 unspecified atom stereocenters. The van der Waals surface area contributed by atoms with Gasteiger partial charge in [0.15, 0.2) is 17.3 Å². The number of rotatable bonds is 10. The van der Waals surface area contributed by atoms with Crippen molar-refractivity contribution in [1.82, 2.24) is 24.4 Å². The summed E-state index contributed by atoms with van der Waals surface area (Å²) in [7, 11) is 1.63. The van der Waals surface area contributed by atoms with Gasteiger partial charge in [-0.3, -0.25) is 4.79 Å². The van der Waals surface area contributed by atoms with Crippen molar-refractivity contribution in [2.45, 2.75) is 19.8 Å². The highest BCUT2D eigenvalue weighted by atomic mass is 32.1. The normalized spacial score (nSPS) is 12.0. The summed E-state index contributed by atoms with van der Waals surface area (Å²) in [6, 6.07) is 25.6. The number of hydrogen-bond donors (Lipinski definition) is 0. The first kappa shape index (κ1) is 27.2. The molecule has 0 spiro atoms. The first-order chi connectivity index (χ1) is 20.6. The van der Waals surface area contributed by atoms with Gasteiger partial charge in [-0.1, -0.05) is 85.4 Å². The number of unbranched alkanes of at least 4 members (excludes halogenated alkanes) is 1. The van der Waals surface area contributed by atoms with Gasteiger partial charge in [0.25, 0.3) is 5.56 Å². The molecule has 0 bridgehead atoms. The van der Waals surface area contributed by atoms with Gasteiger partial charge in [0.1, 0.15) is 0 Å². The van der Waals surface area contributed by atoms with Crippen molar-refractivity contribution in [3.8, 4) is 28.4 Å². The van der Waals surface area contributed by atoms with Crippen LogP contribution in [-0.4, -0.2) is 38.1 Å². The Labute approximate surface area is 246 Å². The lowest BCUT2D eigenvalue weighted by atomic mass is 10.1. The van der Waals surface area contributed by atoms with E-state index in [1.165, 1.54) is 15.9 Å². The summed E-state index contributed by atoms with van der Waals surface area (Å²) in [6.07, 6.45) is 9.53. The van der Waals surface area contributed by atoms with Crippen molar-refractivity contribution in [3.05, 3.63) is 117 Å². The van der Waals surface area contributed by atoms with Crippen LogP contribution in [0.5, 0.6) is 11.5 Å². The third-order valence-corrected chi connectivity index (χ3v) is 7.62. The average Bonchev–Trinajstić information content (AvgIpc) is 3.72. The monoisotopic (exact) mass is 575 g/mol. The lowest BCUT2D eigenvalue weighted by Crippen LogP contribution is -2.23. The molecule has 9 heteroatoms. The minimum atomic E-state index is -0.219. The Morgan fingerprint density at radius 2 is 1.71 bits per heavy atom. The predicted octanol–water partition coefficient (Wildman–Crippen LogP) is 5.91. The van der Waals surface area contributed by atoms with Crippen LogP contribution in [0.4, 0.5) is 0 Å². The number of fused-ring (bicyclic) bond motifs is 1. The Hall–Kier alpha value is -5.02. The van der Waals surface area contributed by atoms with E-state index < -0.39 is 0 Å². The molecule has 3 aromatic carbocycles. The molecule has 6 rings (SSSR count). The number of thiazole rings is 1. The van der Waals surface area contributed by atoms with Gasteiger partial charge in [-0.05, 0) is 48.4 Å². The number of methoxy groups -OCH3 is 1. The lowest BCUT2D eigenvalue weighted by molar-refractivity contribution is 0.288. The molecule has 0 radical (unpaired) electrons. The van der Waals surface area contributed by atoms with E-state index in [0.29, 0.717) is 33.4 Å². The van der Waals surface area contributed by atoms with E-state index in [2.05, 4.69) is 17.0 Å². The molecular weight excluding hydrogens is 546 g/mol. The Morgan fingerprint density at radius 3 is 2.45 bits per heavy atom. The quantitative estimate of drug-likeness (QED) is 0.189. The van der Waals surface area contributed by atoms with Crippen molar-refractivity contribution in [2.24, 2.45) is 0 Å². The maximum absolute atomic E-state index is 13.3. The third kappa shape index (κ3) is 5.73. The maximum Gasteiger partial charge on any atom is 0.291 e. The van der Waals surface area contributed by atoms with Crippen molar-refractivity contribution < 1.29 is 9.47 Å². The number of hydrogen-bond acceptors (Lipinski definition) is 7. The van der Waals surface area contributed by atoms with Gasteiger partial charge in [0.2, 0.25) is 4.96 Å². The second-order valence-corrected chi connectivity index (χ2v) is 10.6. The highest BCUT2D eigenvalue weighted by Crippen LogP contribution is 2.29. The first-order valence-corrected chi connectivity index (χ1v) is 14.6. The number of benzene rings is 3. The molecule has 3 aromatic heterocycles. The minimum absolute atomic E-state index is 0.219. The zero-order valence-electron chi connectivity index (χ0n) is 23.3.